The minimum atomic E-state index is -0.605. The van der Waals surface area contributed by atoms with Crippen molar-refractivity contribution in [3.05, 3.63) is 71.8 Å². The van der Waals surface area contributed by atoms with E-state index in [0.717, 1.165) is 17.5 Å². The fraction of sp³-hybridized carbons (Fsp3) is 0.462. The first kappa shape index (κ1) is 19.7. The van der Waals surface area contributed by atoms with Crippen LogP contribution in [0.3, 0.4) is 0 Å². The van der Waals surface area contributed by atoms with E-state index in [1.165, 1.54) is 12.8 Å². The molecular formula is C26H32O. The van der Waals surface area contributed by atoms with Gasteiger partial charge in [-0.1, -0.05) is 87.6 Å². The normalized spacial score (nSPS) is 24.7. The Morgan fingerprint density at radius 1 is 0.963 bits per heavy atom. The quantitative estimate of drug-likeness (QED) is 0.571. The van der Waals surface area contributed by atoms with Crippen molar-refractivity contribution in [1.29, 1.82) is 0 Å². The Morgan fingerprint density at radius 3 is 2.22 bits per heavy atom. The summed E-state index contributed by atoms with van der Waals surface area (Å²) in [7, 11) is 0. The second-order valence-electron chi connectivity index (χ2n) is 8.50. The van der Waals surface area contributed by atoms with Gasteiger partial charge in [-0.3, -0.25) is 0 Å². The summed E-state index contributed by atoms with van der Waals surface area (Å²) in [4.78, 5) is 0. The molecule has 27 heavy (non-hydrogen) atoms. The van der Waals surface area contributed by atoms with Crippen molar-refractivity contribution in [2.24, 2.45) is 17.8 Å². The van der Waals surface area contributed by atoms with Gasteiger partial charge in [0.25, 0.3) is 0 Å². The lowest BCUT2D eigenvalue weighted by atomic mass is 9.75. The molecule has 0 spiro atoms. The van der Waals surface area contributed by atoms with Crippen LogP contribution in [0.25, 0.3) is 0 Å². The Labute approximate surface area is 165 Å². The number of rotatable bonds is 4. The zero-order chi connectivity index (χ0) is 19.3. The lowest BCUT2D eigenvalue weighted by Gasteiger charge is -2.41. The highest BCUT2D eigenvalue weighted by Crippen LogP contribution is 2.39. The first-order chi connectivity index (χ1) is 13.0. The van der Waals surface area contributed by atoms with Gasteiger partial charge in [0.2, 0.25) is 0 Å². The molecule has 1 unspecified atom stereocenters. The third kappa shape index (κ3) is 5.02. The van der Waals surface area contributed by atoms with E-state index in [1.54, 1.807) is 0 Å². The average Bonchev–Trinajstić information content (AvgIpc) is 2.68. The van der Waals surface area contributed by atoms with Crippen molar-refractivity contribution >= 4 is 0 Å². The highest BCUT2D eigenvalue weighted by atomic mass is 16.5. The van der Waals surface area contributed by atoms with Gasteiger partial charge in [-0.2, -0.15) is 0 Å². The molecule has 0 heterocycles. The molecule has 1 nitrogen and oxygen atoms in total. The van der Waals surface area contributed by atoms with Crippen molar-refractivity contribution in [3.63, 3.8) is 0 Å². The Morgan fingerprint density at radius 2 is 1.59 bits per heavy atom. The minimum absolute atomic E-state index is 0.254. The van der Waals surface area contributed by atoms with Gasteiger partial charge in [0.05, 0.1) is 6.10 Å². The van der Waals surface area contributed by atoms with Gasteiger partial charge in [-0.05, 0) is 55.2 Å². The van der Waals surface area contributed by atoms with Crippen molar-refractivity contribution in [3.8, 4) is 11.8 Å². The lowest BCUT2D eigenvalue weighted by Crippen LogP contribution is -2.40. The topological polar surface area (TPSA) is 9.23 Å². The summed E-state index contributed by atoms with van der Waals surface area (Å²) in [6.07, 6.45) is 3.93. The fourth-order valence-corrected chi connectivity index (χ4v) is 4.19. The van der Waals surface area contributed by atoms with Gasteiger partial charge in [0.15, 0.2) is 5.60 Å². The van der Waals surface area contributed by atoms with Crippen LogP contribution >= 0.6 is 0 Å². The molecule has 4 atom stereocenters. The zero-order valence-electron chi connectivity index (χ0n) is 17.1. The van der Waals surface area contributed by atoms with Crippen molar-refractivity contribution in [1.82, 2.24) is 0 Å². The van der Waals surface area contributed by atoms with E-state index in [9.17, 15) is 0 Å². The molecule has 1 fully saturated rings. The number of benzene rings is 2. The second-order valence-corrected chi connectivity index (χ2v) is 8.50. The smallest absolute Gasteiger partial charge is 0.152 e. The summed E-state index contributed by atoms with van der Waals surface area (Å²) < 4.78 is 6.86. The molecule has 0 amide bonds. The molecule has 0 aliphatic heterocycles. The maximum atomic E-state index is 6.86. The van der Waals surface area contributed by atoms with E-state index >= 15 is 0 Å². The Hall–Kier alpha value is -2.04. The third-order valence-electron chi connectivity index (χ3n) is 5.89. The summed E-state index contributed by atoms with van der Waals surface area (Å²) >= 11 is 0. The van der Waals surface area contributed by atoms with Crippen molar-refractivity contribution in [2.75, 3.05) is 0 Å². The van der Waals surface area contributed by atoms with E-state index in [0.29, 0.717) is 17.8 Å². The van der Waals surface area contributed by atoms with E-state index in [1.807, 2.05) is 24.3 Å². The number of hydrogen-bond donors (Lipinski definition) is 0. The number of ether oxygens (including phenoxy) is 1. The van der Waals surface area contributed by atoms with Gasteiger partial charge >= 0.3 is 0 Å². The van der Waals surface area contributed by atoms with Crippen LogP contribution < -0.4 is 0 Å². The van der Waals surface area contributed by atoms with E-state index < -0.39 is 5.60 Å². The van der Waals surface area contributed by atoms with Crippen LogP contribution in [0.1, 0.15) is 58.1 Å². The van der Waals surface area contributed by atoms with Gasteiger partial charge in [0.1, 0.15) is 0 Å². The zero-order valence-corrected chi connectivity index (χ0v) is 17.1. The molecule has 0 bridgehead atoms. The van der Waals surface area contributed by atoms with E-state index in [-0.39, 0.29) is 6.10 Å². The van der Waals surface area contributed by atoms with Crippen molar-refractivity contribution in [2.45, 2.75) is 58.7 Å². The average molecular weight is 361 g/mol. The highest BCUT2D eigenvalue weighted by Gasteiger charge is 2.37. The predicted molar refractivity (Wildman–Crippen MR) is 113 cm³/mol. The first-order valence-corrected chi connectivity index (χ1v) is 10.3. The van der Waals surface area contributed by atoms with Crippen LogP contribution in [-0.4, -0.2) is 6.10 Å². The molecule has 142 valence electrons. The Balaban J connectivity index is 1.94. The molecule has 0 aromatic heterocycles. The van der Waals surface area contributed by atoms with Crippen LogP contribution in [0.5, 0.6) is 0 Å². The second kappa shape index (κ2) is 8.77. The lowest BCUT2D eigenvalue weighted by molar-refractivity contribution is -0.108. The summed E-state index contributed by atoms with van der Waals surface area (Å²) in [6, 6.07) is 20.7. The van der Waals surface area contributed by atoms with Crippen LogP contribution in [0.4, 0.5) is 0 Å². The van der Waals surface area contributed by atoms with E-state index in [2.05, 4.69) is 75.9 Å². The molecule has 1 saturated carbocycles. The molecule has 0 N–H and O–H groups in total. The maximum absolute atomic E-state index is 6.86. The standard InChI is InChI=1S/C26H32O/c1-20(2)24-16-15-21(3)19-25(24)27-26(4,23-13-9-6-10-14-23)18-17-22-11-7-5-8-12-22/h5-14,20-21,24-25H,15-16,19H2,1-4H3/t21-,24+,25-,26?/m1/s1. The number of hydrogen-bond acceptors (Lipinski definition) is 1. The maximum Gasteiger partial charge on any atom is 0.152 e. The molecule has 2 aromatic rings. The Bertz CT molecular complexity index is 768. The molecule has 1 heteroatoms. The third-order valence-corrected chi connectivity index (χ3v) is 5.89. The van der Waals surface area contributed by atoms with Gasteiger partial charge in [0, 0.05) is 5.56 Å². The summed E-state index contributed by atoms with van der Waals surface area (Å²) in [5.41, 5.74) is 1.56. The summed E-state index contributed by atoms with van der Waals surface area (Å²) in [6.45, 7) is 9.14. The van der Waals surface area contributed by atoms with E-state index in [4.69, 9.17) is 4.74 Å². The minimum Gasteiger partial charge on any atom is -0.355 e. The Kier molecular flexibility index (Phi) is 6.40. The summed E-state index contributed by atoms with van der Waals surface area (Å²) in [5.74, 6) is 8.78. The first-order valence-electron chi connectivity index (χ1n) is 10.3. The van der Waals surface area contributed by atoms with Gasteiger partial charge < -0.3 is 4.74 Å². The molecule has 0 saturated heterocycles. The molecule has 3 rings (SSSR count). The van der Waals surface area contributed by atoms with Gasteiger partial charge in [-0.25, -0.2) is 0 Å². The van der Waals surface area contributed by atoms with Crippen LogP contribution in [0, 0.1) is 29.6 Å². The van der Waals surface area contributed by atoms with Crippen molar-refractivity contribution < 1.29 is 4.74 Å². The molecular weight excluding hydrogens is 328 g/mol. The fourth-order valence-electron chi connectivity index (χ4n) is 4.19. The monoisotopic (exact) mass is 360 g/mol. The highest BCUT2D eigenvalue weighted by molar-refractivity contribution is 5.39. The van der Waals surface area contributed by atoms with Crippen LogP contribution in [0.15, 0.2) is 60.7 Å². The molecule has 2 aromatic carbocycles. The molecule has 1 aliphatic rings. The van der Waals surface area contributed by atoms with Crippen LogP contribution in [-0.2, 0) is 10.3 Å². The largest absolute Gasteiger partial charge is 0.355 e. The SMILES string of the molecule is CC(C)[C@@H]1CC[C@@H](C)C[C@H]1OC(C)(C#Cc1ccccc1)c1ccccc1. The summed E-state index contributed by atoms with van der Waals surface area (Å²) in [5, 5.41) is 0. The van der Waals surface area contributed by atoms with Crippen LogP contribution in [0.2, 0.25) is 0 Å². The van der Waals surface area contributed by atoms with Gasteiger partial charge in [-0.15, -0.1) is 0 Å². The molecule has 0 radical (unpaired) electrons. The molecule has 1 aliphatic carbocycles. The predicted octanol–water partition coefficient (Wildman–Crippen LogP) is 6.43.